The van der Waals surface area contributed by atoms with Crippen LogP contribution in [-0.2, 0) is 13.1 Å². The molecular weight excluding hydrogens is 293 g/mol. The summed E-state index contributed by atoms with van der Waals surface area (Å²) < 4.78 is 19.0. The Morgan fingerprint density at radius 3 is 2.43 bits per heavy atom. The van der Waals surface area contributed by atoms with Crippen molar-refractivity contribution >= 4 is 5.96 Å². The van der Waals surface area contributed by atoms with Gasteiger partial charge in [0.2, 0.25) is 0 Å². The van der Waals surface area contributed by atoms with Crippen molar-refractivity contribution in [2.45, 2.75) is 20.0 Å². The van der Waals surface area contributed by atoms with Crippen molar-refractivity contribution in [3.8, 4) is 5.75 Å². The minimum Gasteiger partial charge on any atom is -0.496 e. The van der Waals surface area contributed by atoms with Crippen molar-refractivity contribution in [2.24, 2.45) is 4.99 Å². The van der Waals surface area contributed by atoms with Crippen molar-refractivity contribution in [1.29, 1.82) is 0 Å². The second-order valence-electron chi connectivity index (χ2n) is 4.95. The molecule has 23 heavy (non-hydrogen) atoms. The summed E-state index contributed by atoms with van der Waals surface area (Å²) in [5, 5.41) is 6.30. The third-order valence-corrected chi connectivity index (χ3v) is 3.35. The van der Waals surface area contributed by atoms with Crippen LogP contribution >= 0.6 is 0 Å². The Balaban J connectivity index is 2.04. The molecule has 0 saturated heterocycles. The number of rotatable bonds is 6. The second-order valence-corrected chi connectivity index (χ2v) is 4.95. The second kappa shape index (κ2) is 8.78. The summed E-state index contributed by atoms with van der Waals surface area (Å²) in [4.78, 5) is 4.53. The topological polar surface area (TPSA) is 45.7 Å². The van der Waals surface area contributed by atoms with Crippen LogP contribution < -0.4 is 15.4 Å². The van der Waals surface area contributed by atoms with E-state index < -0.39 is 0 Å². The lowest BCUT2D eigenvalue weighted by atomic mass is 10.2. The molecule has 2 N–H and O–H groups in total. The van der Waals surface area contributed by atoms with E-state index in [2.05, 4.69) is 15.6 Å². The fraction of sp³-hybridized carbons (Fsp3) is 0.278. The first kappa shape index (κ1) is 16.8. The van der Waals surface area contributed by atoms with E-state index in [0.29, 0.717) is 24.6 Å². The Morgan fingerprint density at radius 1 is 1.04 bits per heavy atom. The SMILES string of the molecule is CCNC(=NCc1ccccc1OC)NCc1ccccc1F. The Hall–Kier alpha value is -2.56. The molecule has 0 heterocycles. The minimum absolute atomic E-state index is 0.222. The van der Waals surface area contributed by atoms with Gasteiger partial charge in [-0.05, 0) is 19.1 Å². The number of halogens is 1. The summed E-state index contributed by atoms with van der Waals surface area (Å²) in [6, 6.07) is 14.5. The highest BCUT2D eigenvalue weighted by molar-refractivity contribution is 5.79. The van der Waals surface area contributed by atoms with Gasteiger partial charge in [0.25, 0.3) is 0 Å². The number of aliphatic imine (C=N–C) groups is 1. The molecule has 0 atom stereocenters. The highest BCUT2D eigenvalue weighted by Crippen LogP contribution is 2.17. The lowest BCUT2D eigenvalue weighted by Gasteiger charge is -2.12. The summed E-state index contributed by atoms with van der Waals surface area (Å²) >= 11 is 0. The molecule has 0 aliphatic carbocycles. The van der Waals surface area contributed by atoms with E-state index in [4.69, 9.17) is 4.74 Å². The van der Waals surface area contributed by atoms with Crippen LogP contribution in [0.25, 0.3) is 0 Å². The maximum atomic E-state index is 13.7. The maximum absolute atomic E-state index is 13.7. The molecule has 0 bridgehead atoms. The van der Waals surface area contributed by atoms with Crippen LogP contribution in [0.3, 0.4) is 0 Å². The normalized spacial score (nSPS) is 11.2. The van der Waals surface area contributed by atoms with Crippen molar-refractivity contribution in [3.63, 3.8) is 0 Å². The molecule has 4 nitrogen and oxygen atoms in total. The van der Waals surface area contributed by atoms with E-state index in [1.54, 1.807) is 19.2 Å². The first-order chi connectivity index (χ1) is 11.2. The lowest BCUT2D eigenvalue weighted by Crippen LogP contribution is -2.37. The Labute approximate surface area is 136 Å². The van der Waals surface area contributed by atoms with Crippen LogP contribution in [0.2, 0.25) is 0 Å². The molecule has 2 aromatic carbocycles. The van der Waals surface area contributed by atoms with Crippen LogP contribution in [0, 0.1) is 5.82 Å². The van der Waals surface area contributed by atoms with Crippen LogP contribution in [0.1, 0.15) is 18.1 Å². The summed E-state index contributed by atoms with van der Waals surface area (Å²) in [6.45, 7) is 3.58. The summed E-state index contributed by atoms with van der Waals surface area (Å²) in [6.07, 6.45) is 0. The van der Waals surface area contributed by atoms with E-state index >= 15 is 0 Å². The van der Waals surface area contributed by atoms with Crippen molar-refractivity contribution < 1.29 is 9.13 Å². The number of ether oxygens (including phenoxy) is 1. The summed E-state index contributed by atoms with van der Waals surface area (Å²) in [5.41, 5.74) is 1.61. The number of nitrogens with one attached hydrogen (secondary N) is 2. The van der Waals surface area contributed by atoms with Crippen LogP contribution in [0.5, 0.6) is 5.75 Å². The van der Waals surface area contributed by atoms with Gasteiger partial charge in [0.1, 0.15) is 11.6 Å². The number of hydrogen-bond acceptors (Lipinski definition) is 2. The van der Waals surface area contributed by atoms with E-state index in [-0.39, 0.29) is 5.82 Å². The number of benzene rings is 2. The van der Waals surface area contributed by atoms with Crippen LogP contribution in [0.4, 0.5) is 4.39 Å². The molecule has 2 aromatic rings. The van der Waals surface area contributed by atoms with Gasteiger partial charge in [-0.15, -0.1) is 0 Å². The predicted molar refractivity (Wildman–Crippen MR) is 91.0 cm³/mol. The Bertz CT molecular complexity index is 658. The number of para-hydroxylation sites is 1. The molecule has 122 valence electrons. The molecule has 2 rings (SSSR count). The molecule has 0 spiro atoms. The van der Waals surface area contributed by atoms with Gasteiger partial charge in [0.15, 0.2) is 5.96 Å². The third-order valence-electron chi connectivity index (χ3n) is 3.35. The molecule has 0 saturated carbocycles. The number of hydrogen-bond donors (Lipinski definition) is 2. The zero-order chi connectivity index (χ0) is 16.5. The number of methoxy groups -OCH3 is 1. The zero-order valence-corrected chi connectivity index (χ0v) is 13.5. The van der Waals surface area contributed by atoms with Gasteiger partial charge in [-0.25, -0.2) is 9.38 Å². The van der Waals surface area contributed by atoms with Gasteiger partial charge < -0.3 is 15.4 Å². The molecular formula is C18H22FN3O. The van der Waals surface area contributed by atoms with E-state index in [1.807, 2.05) is 37.3 Å². The Kier molecular flexibility index (Phi) is 6.41. The highest BCUT2D eigenvalue weighted by Gasteiger charge is 2.04. The van der Waals surface area contributed by atoms with E-state index in [9.17, 15) is 4.39 Å². The van der Waals surface area contributed by atoms with Crippen LogP contribution in [0.15, 0.2) is 53.5 Å². The molecule has 0 amide bonds. The average Bonchev–Trinajstić information content (AvgIpc) is 2.59. The van der Waals surface area contributed by atoms with Gasteiger partial charge in [-0.1, -0.05) is 36.4 Å². The monoisotopic (exact) mass is 315 g/mol. The molecule has 0 unspecified atom stereocenters. The predicted octanol–water partition coefficient (Wildman–Crippen LogP) is 3.09. The molecule has 0 aliphatic rings. The van der Waals surface area contributed by atoms with Gasteiger partial charge in [-0.2, -0.15) is 0 Å². The van der Waals surface area contributed by atoms with Crippen molar-refractivity contribution in [2.75, 3.05) is 13.7 Å². The number of nitrogens with zero attached hydrogens (tertiary/aromatic N) is 1. The minimum atomic E-state index is -0.222. The van der Waals surface area contributed by atoms with E-state index in [0.717, 1.165) is 17.9 Å². The maximum Gasteiger partial charge on any atom is 0.191 e. The quantitative estimate of drug-likeness (QED) is 0.636. The first-order valence-corrected chi connectivity index (χ1v) is 7.62. The van der Waals surface area contributed by atoms with Crippen molar-refractivity contribution in [1.82, 2.24) is 10.6 Å². The summed E-state index contributed by atoms with van der Waals surface area (Å²) in [7, 11) is 1.64. The lowest BCUT2D eigenvalue weighted by molar-refractivity contribution is 0.410. The smallest absolute Gasteiger partial charge is 0.191 e. The highest BCUT2D eigenvalue weighted by atomic mass is 19.1. The molecule has 0 radical (unpaired) electrons. The summed E-state index contributed by atoms with van der Waals surface area (Å²) in [5.74, 6) is 1.23. The number of guanidine groups is 1. The van der Waals surface area contributed by atoms with Crippen molar-refractivity contribution in [3.05, 3.63) is 65.5 Å². The molecule has 0 aliphatic heterocycles. The first-order valence-electron chi connectivity index (χ1n) is 7.62. The van der Waals surface area contributed by atoms with Gasteiger partial charge >= 0.3 is 0 Å². The van der Waals surface area contributed by atoms with E-state index in [1.165, 1.54) is 6.07 Å². The largest absolute Gasteiger partial charge is 0.496 e. The fourth-order valence-electron chi connectivity index (χ4n) is 2.16. The molecule has 0 aromatic heterocycles. The Morgan fingerprint density at radius 2 is 1.74 bits per heavy atom. The zero-order valence-electron chi connectivity index (χ0n) is 13.5. The van der Waals surface area contributed by atoms with Crippen LogP contribution in [-0.4, -0.2) is 19.6 Å². The molecule has 5 heteroatoms. The average molecular weight is 315 g/mol. The third kappa shape index (κ3) is 4.98. The van der Waals surface area contributed by atoms with Gasteiger partial charge in [-0.3, -0.25) is 0 Å². The van der Waals surface area contributed by atoms with Gasteiger partial charge in [0.05, 0.1) is 13.7 Å². The molecule has 0 fully saturated rings. The van der Waals surface area contributed by atoms with Gasteiger partial charge in [0, 0.05) is 24.2 Å². The standard InChI is InChI=1S/C18H22FN3O/c1-3-20-18(21-12-14-8-4-6-10-16(14)19)22-13-15-9-5-7-11-17(15)23-2/h4-11H,3,12-13H2,1-2H3,(H2,20,21,22). The fourth-order valence-corrected chi connectivity index (χ4v) is 2.16.